The second-order valence-corrected chi connectivity index (χ2v) is 12.5. The Labute approximate surface area is 230 Å². The van der Waals surface area contributed by atoms with Crippen LogP contribution in [0.1, 0.15) is 107 Å². The Balaban J connectivity index is 1.29. The second kappa shape index (κ2) is 13.1. The fourth-order valence-electron chi connectivity index (χ4n) is 5.73. The molecule has 2 aromatic rings. The van der Waals surface area contributed by atoms with Gasteiger partial charge in [0.05, 0.1) is 12.6 Å². The molecule has 5 heteroatoms. The lowest BCUT2D eigenvalue weighted by molar-refractivity contribution is -0.123. The van der Waals surface area contributed by atoms with Gasteiger partial charge in [0.25, 0.3) is 0 Å². The Morgan fingerprint density at radius 2 is 1.74 bits per heavy atom. The number of amides is 1. The third-order valence-corrected chi connectivity index (χ3v) is 8.30. The molecule has 0 saturated carbocycles. The first-order valence-electron chi connectivity index (χ1n) is 14.8. The zero-order valence-corrected chi connectivity index (χ0v) is 24.0. The first-order valence-corrected chi connectivity index (χ1v) is 14.8. The van der Waals surface area contributed by atoms with E-state index < -0.39 is 6.10 Å². The quantitative estimate of drug-likeness (QED) is 0.342. The third kappa shape index (κ3) is 7.83. The minimum absolute atomic E-state index is 0.0321. The van der Waals surface area contributed by atoms with Crippen molar-refractivity contribution in [3.8, 4) is 5.75 Å². The van der Waals surface area contributed by atoms with E-state index >= 15 is 0 Å². The number of nitrogens with zero attached hydrogens (tertiary/aromatic N) is 1. The van der Waals surface area contributed by atoms with Gasteiger partial charge in [0.15, 0.2) is 0 Å². The molecule has 5 nitrogen and oxygen atoms in total. The van der Waals surface area contributed by atoms with E-state index in [1.807, 2.05) is 12.1 Å². The molecule has 0 radical (unpaired) electrons. The van der Waals surface area contributed by atoms with Crippen molar-refractivity contribution in [3.05, 3.63) is 64.7 Å². The predicted octanol–water partition coefficient (Wildman–Crippen LogP) is 6.29. The van der Waals surface area contributed by atoms with Crippen LogP contribution in [0.15, 0.2) is 42.5 Å². The van der Waals surface area contributed by atoms with Crippen LogP contribution in [0.5, 0.6) is 5.75 Å². The van der Waals surface area contributed by atoms with E-state index in [0.29, 0.717) is 18.9 Å². The number of hydrogen-bond acceptors (Lipinski definition) is 4. The van der Waals surface area contributed by atoms with Crippen LogP contribution >= 0.6 is 0 Å². The molecule has 0 spiro atoms. The van der Waals surface area contributed by atoms with Gasteiger partial charge in [0.1, 0.15) is 11.9 Å². The number of rotatable bonds is 11. The Hall–Kier alpha value is -2.37. The molecule has 2 N–H and O–H groups in total. The standard InChI is InChI=1S/C33H48N2O3/c1-24(25-15-17-28(18-16-25)33(2,3)4)10-5-6-12-31(36)34-29(23-35-19-7-8-20-35)32(37)27-14-13-26-11-9-21-38-30(26)22-27/h13-18,22,24,29,32,37H,5-12,19-21,23H2,1-4H3,(H,34,36)/t24?,29-,32-/m1/s1. The molecule has 1 saturated heterocycles. The lowest BCUT2D eigenvalue weighted by Crippen LogP contribution is -2.46. The highest BCUT2D eigenvalue weighted by molar-refractivity contribution is 5.76. The molecule has 4 rings (SSSR count). The molecule has 2 aromatic carbocycles. The minimum atomic E-state index is -0.758. The number of nitrogens with one attached hydrogen (secondary N) is 1. The summed E-state index contributed by atoms with van der Waals surface area (Å²) in [6, 6.07) is 14.7. The predicted molar refractivity (Wildman–Crippen MR) is 155 cm³/mol. The topological polar surface area (TPSA) is 61.8 Å². The summed E-state index contributed by atoms with van der Waals surface area (Å²) in [7, 11) is 0. The fourth-order valence-corrected chi connectivity index (χ4v) is 5.73. The van der Waals surface area contributed by atoms with Crippen molar-refractivity contribution in [1.82, 2.24) is 10.2 Å². The molecule has 0 bridgehead atoms. The van der Waals surface area contributed by atoms with Gasteiger partial charge in [-0.05, 0) is 91.3 Å². The first-order chi connectivity index (χ1) is 18.2. The van der Waals surface area contributed by atoms with Crippen LogP contribution in [0.2, 0.25) is 0 Å². The number of benzene rings is 2. The van der Waals surface area contributed by atoms with Crippen LogP contribution in [0.3, 0.4) is 0 Å². The van der Waals surface area contributed by atoms with Crippen molar-refractivity contribution in [3.63, 3.8) is 0 Å². The molecule has 1 fully saturated rings. The number of hydrogen-bond donors (Lipinski definition) is 2. The molecule has 1 unspecified atom stereocenters. The average Bonchev–Trinajstić information content (AvgIpc) is 3.42. The summed E-state index contributed by atoms with van der Waals surface area (Å²) < 4.78 is 5.84. The van der Waals surface area contributed by atoms with Gasteiger partial charge >= 0.3 is 0 Å². The third-order valence-electron chi connectivity index (χ3n) is 8.30. The van der Waals surface area contributed by atoms with Gasteiger partial charge in [-0.15, -0.1) is 0 Å². The molecule has 0 aromatic heterocycles. The molecule has 38 heavy (non-hydrogen) atoms. The summed E-state index contributed by atoms with van der Waals surface area (Å²) in [5.74, 6) is 1.38. The summed E-state index contributed by atoms with van der Waals surface area (Å²) in [4.78, 5) is 15.3. The summed E-state index contributed by atoms with van der Waals surface area (Å²) >= 11 is 0. The van der Waals surface area contributed by atoms with Gasteiger partial charge < -0.3 is 20.1 Å². The van der Waals surface area contributed by atoms with Crippen LogP contribution in [-0.4, -0.2) is 48.2 Å². The van der Waals surface area contributed by atoms with E-state index in [1.54, 1.807) is 0 Å². The maximum absolute atomic E-state index is 13.0. The van der Waals surface area contributed by atoms with Crippen LogP contribution < -0.4 is 10.1 Å². The monoisotopic (exact) mass is 520 g/mol. The van der Waals surface area contributed by atoms with Gasteiger partial charge in [0.2, 0.25) is 5.91 Å². The fraction of sp³-hybridized carbons (Fsp3) is 0.606. The number of aryl methyl sites for hydroxylation is 1. The van der Waals surface area contributed by atoms with Crippen LogP contribution in [0.25, 0.3) is 0 Å². The van der Waals surface area contributed by atoms with Gasteiger partial charge in [-0.25, -0.2) is 0 Å². The number of likely N-dealkylation sites (tertiary alicyclic amines) is 1. The van der Waals surface area contributed by atoms with E-state index in [2.05, 4.69) is 68.2 Å². The van der Waals surface area contributed by atoms with E-state index in [-0.39, 0.29) is 17.4 Å². The minimum Gasteiger partial charge on any atom is -0.493 e. The molecular weight excluding hydrogens is 472 g/mol. The number of ether oxygens (including phenoxy) is 1. The molecule has 208 valence electrons. The van der Waals surface area contributed by atoms with Crippen molar-refractivity contribution in [2.45, 2.75) is 103 Å². The molecule has 3 atom stereocenters. The van der Waals surface area contributed by atoms with Crippen LogP contribution in [-0.2, 0) is 16.6 Å². The zero-order valence-electron chi connectivity index (χ0n) is 24.0. The Morgan fingerprint density at radius 1 is 1.03 bits per heavy atom. The maximum Gasteiger partial charge on any atom is 0.220 e. The van der Waals surface area contributed by atoms with E-state index in [1.165, 1.54) is 29.5 Å². The van der Waals surface area contributed by atoms with Gasteiger partial charge in [0, 0.05) is 13.0 Å². The largest absolute Gasteiger partial charge is 0.493 e. The van der Waals surface area contributed by atoms with E-state index in [9.17, 15) is 9.90 Å². The number of unbranched alkanes of at least 4 members (excludes halogenated alkanes) is 1. The highest BCUT2D eigenvalue weighted by Gasteiger charge is 2.27. The van der Waals surface area contributed by atoms with Crippen LogP contribution in [0, 0.1) is 0 Å². The molecule has 2 aliphatic heterocycles. The number of aliphatic hydroxyl groups is 1. The van der Waals surface area contributed by atoms with Crippen molar-refractivity contribution in [1.29, 1.82) is 0 Å². The SMILES string of the molecule is CC(CCCCC(=O)N[C@H](CN1CCCC1)[C@H](O)c1ccc2c(c1)OCCC2)c1ccc(C(C)(C)C)cc1. The highest BCUT2D eigenvalue weighted by atomic mass is 16.5. The maximum atomic E-state index is 13.0. The van der Waals surface area contributed by atoms with Crippen molar-refractivity contribution in [2.75, 3.05) is 26.2 Å². The Kier molecular flexibility index (Phi) is 9.89. The summed E-state index contributed by atoms with van der Waals surface area (Å²) in [5, 5.41) is 14.5. The van der Waals surface area contributed by atoms with E-state index in [0.717, 1.165) is 63.1 Å². The summed E-state index contributed by atoms with van der Waals surface area (Å²) in [6.07, 6.45) is 7.08. The molecule has 0 aliphatic carbocycles. The van der Waals surface area contributed by atoms with Crippen LogP contribution in [0.4, 0.5) is 0 Å². The van der Waals surface area contributed by atoms with E-state index in [4.69, 9.17) is 4.74 Å². The normalized spacial score (nSPS) is 18.3. The highest BCUT2D eigenvalue weighted by Crippen LogP contribution is 2.30. The van der Waals surface area contributed by atoms with Gasteiger partial charge in [-0.2, -0.15) is 0 Å². The van der Waals surface area contributed by atoms with Crippen molar-refractivity contribution in [2.24, 2.45) is 0 Å². The van der Waals surface area contributed by atoms with Crippen molar-refractivity contribution >= 4 is 5.91 Å². The summed E-state index contributed by atoms with van der Waals surface area (Å²) in [5.41, 5.74) is 4.92. The molecule has 2 aliphatic rings. The Morgan fingerprint density at radius 3 is 2.45 bits per heavy atom. The second-order valence-electron chi connectivity index (χ2n) is 12.5. The molecular formula is C33H48N2O3. The summed E-state index contributed by atoms with van der Waals surface area (Å²) in [6.45, 7) is 12.5. The number of aliphatic hydroxyl groups excluding tert-OH is 1. The Bertz CT molecular complexity index is 1040. The van der Waals surface area contributed by atoms with Gasteiger partial charge in [-0.1, -0.05) is 70.5 Å². The van der Waals surface area contributed by atoms with Crippen molar-refractivity contribution < 1.29 is 14.6 Å². The lowest BCUT2D eigenvalue weighted by Gasteiger charge is -2.29. The number of carbonyl (C=O) groups excluding carboxylic acids is 1. The zero-order chi connectivity index (χ0) is 27.1. The molecule has 1 amide bonds. The van der Waals surface area contributed by atoms with Gasteiger partial charge in [-0.3, -0.25) is 4.79 Å². The molecule has 2 heterocycles. The lowest BCUT2D eigenvalue weighted by atomic mass is 9.85. The number of carbonyl (C=O) groups is 1. The average molecular weight is 521 g/mol. The number of fused-ring (bicyclic) bond motifs is 1. The first kappa shape index (κ1) is 28.6. The smallest absolute Gasteiger partial charge is 0.220 e.